The second-order valence-electron chi connectivity index (χ2n) is 10.6. The van der Waals surface area contributed by atoms with Crippen molar-refractivity contribution in [2.24, 2.45) is 0 Å². The molecule has 40 heavy (non-hydrogen) atoms. The molecule has 1 aliphatic heterocycles. The highest BCUT2D eigenvalue weighted by atomic mass is 16.5. The number of para-hydroxylation sites is 1. The van der Waals surface area contributed by atoms with E-state index in [4.69, 9.17) is 9.72 Å². The topological polar surface area (TPSA) is 59.5 Å². The van der Waals surface area contributed by atoms with Crippen molar-refractivity contribution in [2.45, 2.75) is 25.9 Å². The molecule has 7 rings (SSSR count). The maximum Gasteiger partial charge on any atom is 0.339 e. The van der Waals surface area contributed by atoms with E-state index in [9.17, 15) is 9.59 Å². The summed E-state index contributed by atoms with van der Waals surface area (Å²) < 4.78 is 5.73. The number of pyridine rings is 1. The third kappa shape index (κ3) is 4.48. The van der Waals surface area contributed by atoms with E-state index in [0.29, 0.717) is 17.7 Å². The Morgan fingerprint density at radius 3 is 2.50 bits per heavy atom. The van der Waals surface area contributed by atoms with Crippen molar-refractivity contribution in [3.05, 3.63) is 136 Å². The van der Waals surface area contributed by atoms with Crippen LogP contribution >= 0.6 is 0 Å². The van der Waals surface area contributed by atoms with Crippen molar-refractivity contribution in [3.8, 4) is 11.1 Å². The lowest BCUT2D eigenvalue weighted by Gasteiger charge is -2.30. The Morgan fingerprint density at radius 2 is 1.60 bits per heavy atom. The number of aromatic nitrogens is 1. The van der Waals surface area contributed by atoms with Crippen molar-refractivity contribution in [1.82, 2.24) is 9.88 Å². The van der Waals surface area contributed by atoms with Crippen molar-refractivity contribution in [1.29, 1.82) is 0 Å². The summed E-state index contributed by atoms with van der Waals surface area (Å²) in [4.78, 5) is 34.1. The van der Waals surface area contributed by atoms with E-state index in [-0.39, 0.29) is 12.4 Å². The van der Waals surface area contributed by atoms with Crippen molar-refractivity contribution in [3.63, 3.8) is 0 Å². The van der Waals surface area contributed by atoms with E-state index in [1.165, 1.54) is 22.3 Å². The van der Waals surface area contributed by atoms with Gasteiger partial charge in [0.05, 0.1) is 11.1 Å². The van der Waals surface area contributed by atoms with Gasteiger partial charge in [-0.3, -0.25) is 14.7 Å². The lowest BCUT2D eigenvalue weighted by atomic mass is 9.95. The van der Waals surface area contributed by atoms with Crippen LogP contribution in [0.15, 0.2) is 97.1 Å². The summed E-state index contributed by atoms with van der Waals surface area (Å²) in [5.74, 6) is -0.685. The molecule has 2 heterocycles. The van der Waals surface area contributed by atoms with E-state index >= 15 is 0 Å². The molecule has 5 nitrogen and oxygen atoms in total. The molecule has 0 saturated carbocycles. The van der Waals surface area contributed by atoms with Crippen LogP contribution in [-0.4, -0.2) is 34.8 Å². The molecule has 0 amide bonds. The van der Waals surface area contributed by atoms with Crippen LogP contribution in [0.5, 0.6) is 0 Å². The molecule has 0 saturated heterocycles. The number of ether oxygens (including phenoxy) is 1. The molecular weight excluding hydrogens is 496 g/mol. The Kier molecular flexibility index (Phi) is 6.21. The zero-order valence-electron chi connectivity index (χ0n) is 22.1. The predicted octanol–water partition coefficient (Wildman–Crippen LogP) is 6.40. The van der Waals surface area contributed by atoms with E-state index in [2.05, 4.69) is 29.2 Å². The average molecular weight is 525 g/mol. The zero-order valence-corrected chi connectivity index (χ0v) is 22.1. The molecule has 1 aromatic heterocycles. The van der Waals surface area contributed by atoms with Gasteiger partial charge in [-0.05, 0) is 46.4 Å². The van der Waals surface area contributed by atoms with Gasteiger partial charge in [-0.25, -0.2) is 4.79 Å². The zero-order chi connectivity index (χ0) is 27.1. The number of ketones is 1. The third-order valence-corrected chi connectivity index (χ3v) is 8.03. The molecule has 0 unspecified atom stereocenters. The number of benzene rings is 4. The fraction of sp³-hybridized carbons (Fsp3) is 0.171. The molecule has 0 atom stereocenters. The Balaban J connectivity index is 1.14. The van der Waals surface area contributed by atoms with Crippen LogP contribution in [-0.2, 0) is 30.7 Å². The molecule has 5 heteroatoms. The summed E-state index contributed by atoms with van der Waals surface area (Å²) in [5.41, 5.74) is 9.63. The summed E-state index contributed by atoms with van der Waals surface area (Å²) in [6.07, 6.45) is 1.62. The number of Topliss-reactive ketones (excluding diaryl/α,β-unsaturated/α-hetero) is 1. The molecule has 0 N–H and O–H groups in total. The molecule has 1 aliphatic carbocycles. The minimum Gasteiger partial charge on any atom is -0.454 e. The van der Waals surface area contributed by atoms with Crippen molar-refractivity contribution in [2.75, 3.05) is 13.2 Å². The number of carbonyl (C=O) groups is 2. The summed E-state index contributed by atoms with van der Waals surface area (Å²) in [5, 5.41) is 0.759. The van der Waals surface area contributed by atoms with Crippen LogP contribution < -0.4 is 0 Å². The molecule has 0 radical (unpaired) electrons. The number of nitrogens with zero attached hydrogens (tertiary/aromatic N) is 2. The highest BCUT2D eigenvalue weighted by Crippen LogP contribution is 2.37. The van der Waals surface area contributed by atoms with Crippen molar-refractivity contribution >= 4 is 22.7 Å². The van der Waals surface area contributed by atoms with Crippen molar-refractivity contribution < 1.29 is 14.3 Å². The van der Waals surface area contributed by atoms with Gasteiger partial charge in [-0.15, -0.1) is 0 Å². The van der Waals surface area contributed by atoms with Gasteiger partial charge >= 0.3 is 5.97 Å². The van der Waals surface area contributed by atoms with Gasteiger partial charge in [0, 0.05) is 48.3 Å². The number of hydrogen-bond donors (Lipinski definition) is 0. The number of esters is 1. The number of rotatable bonds is 6. The largest absolute Gasteiger partial charge is 0.454 e. The van der Waals surface area contributed by atoms with E-state index in [1.807, 2.05) is 72.8 Å². The lowest BCUT2D eigenvalue weighted by molar-refractivity contribution is 0.0473. The molecule has 2 aliphatic rings. The Morgan fingerprint density at radius 1 is 0.825 bits per heavy atom. The molecule has 4 aromatic carbocycles. The van der Waals surface area contributed by atoms with Gasteiger partial charge in [-0.2, -0.15) is 0 Å². The second kappa shape index (κ2) is 10.2. The first-order valence-electron chi connectivity index (χ1n) is 13.7. The first-order valence-corrected chi connectivity index (χ1v) is 13.7. The fourth-order valence-corrected chi connectivity index (χ4v) is 6.04. The summed E-state index contributed by atoms with van der Waals surface area (Å²) in [6, 6.07) is 32.1. The van der Waals surface area contributed by atoms with E-state index in [0.717, 1.165) is 53.7 Å². The fourth-order valence-electron chi connectivity index (χ4n) is 6.04. The second-order valence-corrected chi connectivity index (χ2v) is 10.6. The third-order valence-electron chi connectivity index (χ3n) is 8.03. The first kappa shape index (κ1) is 24.4. The van der Waals surface area contributed by atoms with Crippen LogP contribution in [0.4, 0.5) is 0 Å². The summed E-state index contributed by atoms with van der Waals surface area (Å²) in [7, 11) is 0. The molecule has 5 aromatic rings. The normalized spacial score (nSPS) is 13.9. The minimum atomic E-state index is -0.476. The average Bonchev–Trinajstić information content (AvgIpc) is 3.37. The maximum atomic E-state index is 13.7. The van der Waals surface area contributed by atoms with Gasteiger partial charge in [0.15, 0.2) is 12.4 Å². The number of fused-ring (bicyclic) bond motifs is 5. The SMILES string of the molecule is O=C(COC(=O)c1c2c(nc3ccccc13)CCN(Cc1ccccc1)C2)c1ccc2c(c1)-c1ccccc1C2. The maximum absolute atomic E-state index is 13.7. The molecule has 196 valence electrons. The van der Waals surface area contributed by atoms with Crippen LogP contribution in [0.2, 0.25) is 0 Å². The van der Waals surface area contributed by atoms with Crippen LogP contribution in [0, 0.1) is 0 Å². The standard InChI is InChI=1S/C35H28N2O3/c38-33(26-15-14-25-18-24-10-4-5-11-27(24)29(25)19-26)22-40-35(39)34-28-12-6-7-13-31(28)36-32-16-17-37(21-30(32)34)20-23-8-2-1-3-9-23/h1-15,19H,16-18,20-22H2. The van der Waals surface area contributed by atoms with Crippen LogP contribution in [0.25, 0.3) is 22.0 Å². The summed E-state index contributed by atoms with van der Waals surface area (Å²) in [6.45, 7) is 1.95. The number of carbonyl (C=O) groups excluding carboxylic acids is 2. The monoisotopic (exact) mass is 524 g/mol. The quantitative estimate of drug-likeness (QED) is 0.186. The highest BCUT2D eigenvalue weighted by molar-refractivity contribution is 6.06. The molecular formula is C35H28N2O3. The molecule has 0 fully saturated rings. The summed E-state index contributed by atoms with van der Waals surface area (Å²) >= 11 is 0. The highest BCUT2D eigenvalue weighted by Gasteiger charge is 2.27. The van der Waals surface area contributed by atoms with E-state index in [1.54, 1.807) is 0 Å². The van der Waals surface area contributed by atoms with Gasteiger partial charge in [-0.1, -0.05) is 84.9 Å². The smallest absolute Gasteiger partial charge is 0.339 e. The predicted molar refractivity (Wildman–Crippen MR) is 155 cm³/mol. The molecule has 0 bridgehead atoms. The molecule has 0 spiro atoms. The van der Waals surface area contributed by atoms with Crippen LogP contribution in [0.3, 0.4) is 0 Å². The van der Waals surface area contributed by atoms with Gasteiger partial charge in [0.25, 0.3) is 0 Å². The Hall–Kier alpha value is -4.61. The minimum absolute atomic E-state index is 0.210. The van der Waals surface area contributed by atoms with Crippen LogP contribution in [0.1, 0.15) is 48.7 Å². The lowest BCUT2D eigenvalue weighted by Crippen LogP contribution is -2.32. The first-order chi connectivity index (χ1) is 19.6. The Labute approximate surface area is 233 Å². The van der Waals surface area contributed by atoms with Gasteiger partial charge in [0.2, 0.25) is 0 Å². The Bertz CT molecular complexity index is 1780. The van der Waals surface area contributed by atoms with Gasteiger partial charge < -0.3 is 4.74 Å². The number of hydrogen-bond acceptors (Lipinski definition) is 5. The van der Waals surface area contributed by atoms with Gasteiger partial charge in [0.1, 0.15) is 0 Å². The van der Waals surface area contributed by atoms with E-state index < -0.39 is 5.97 Å².